The molecule has 6 N–H and O–H groups in total. The third kappa shape index (κ3) is 7.39. The molecule has 3 aromatic carbocycles. The molecule has 8 nitrogen and oxygen atoms in total. The summed E-state index contributed by atoms with van der Waals surface area (Å²) >= 11 is 0. The maximum absolute atomic E-state index is 12.9. The molecule has 8 heteroatoms. The van der Waals surface area contributed by atoms with Crippen molar-refractivity contribution in [3.63, 3.8) is 0 Å². The standard InChI is InChI=1S/C25H26N4O4/c26-23(30)15-21(17-8-3-1-4-9-17)28-24(31)16-22(29-25(27)32)18-10-7-13-20(14-18)33-19-11-5-2-6-12-19/h1-14,21-22H,15-16H2,(H2,26,30)(H,28,31)(H3,27,29,32)/t21-,22?/m1/s1. The van der Waals surface area contributed by atoms with E-state index in [0.717, 1.165) is 5.56 Å². The summed E-state index contributed by atoms with van der Waals surface area (Å²) in [6.07, 6.45) is -0.149. The van der Waals surface area contributed by atoms with Gasteiger partial charge in [0.2, 0.25) is 11.8 Å². The van der Waals surface area contributed by atoms with Gasteiger partial charge >= 0.3 is 6.03 Å². The van der Waals surface area contributed by atoms with E-state index in [0.29, 0.717) is 17.1 Å². The van der Waals surface area contributed by atoms with E-state index in [4.69, 9.17) is 16.2 Å². The van der Waals surface area contributed by atoms with Gasteiger partial charge in [-0.1, -0.05) is 60.7 Å². The van der Waals surface area contributed by atoms with Crippen molar-refractivity contribution < 1.29 is 19.1 Å². The number of para-hydroxylation sites is 1. The van der Waals surface area contributed by atoms with E-state index >= 15 is 0 Å². The van der Waals surface area contributed by atoms with Crippen LogP contribution in [0, 0.1) is 0 Å². The molecule has 1 unspecified atom stereocenters. The molecular weight excluding hydrogens is 420 g/mol. The van der Waals surface area contributed by atoms with Crippen LogP contribution in [0.4, 0.5) is 4.79 Å². The number of benzene rings is 3. The minimum Gasteiger partial charge on any atom is -0.457 e. The average molecular weight is 447 g/mol. The van der Waals surface area contributed by atoms with Gasteiger partial charge in [0.05, 0.1) is 24.9 Å². The first kappa shape index (κ1) is 23.3. The van der Waals surface area contributed by atoms with E-state index in [9.17, 15) is 14.4 Å². The smallest absolute Gasteiger partial charge is 0.312 e. The van der Waals surface area contributed by atoms with Crippen molar-refractivity contribution in [3.8, 4) is 11.5 Å². The second-order valence-corrected chi connectivity index (χ2v) is 7.45. The molecule has 0 saturated heterocycles. The van der Waals surface area contributed by atoms with E-state index in [1.165, 1.54) is 0 Å². The summed E-state index contributed by atoms with van der Waals surface area (Å²) in [5.74, 6) is 0.287. The van der Waals surface area contributed by atoms with Crippen molar-refractivity contribution >= 4 is 17.8 Å². The normalized spacial score (nSPS) is 12.2. The molecule has 2 atom stereocenters. The average Bonchev–Trinajstić information content (AvgIpc) is 2.79. The van der Waals surface area contributed by atoms with E-state index in [1.54, 1.807) is 36.4 Å². The lowest BCUT2D eigenvalue weighted by Crippen LogP contribution is -2.38. The molecule has 0 saturated carbocycles. The summed E-state index contributed by atoms with van der Waals surface area (Å²) < 4.78 is 5.85. The molecule has 0 aliphatic heterocycles. The number of primary amides is 2. The molecule has 0 heterocycles. The molecule has 0 bridgehead atoms. The molecule has 0 aromatic heterocycles. The molecule has 33 heavy (non-hydrogen) atoms. The Kier molecular flexibility index (Phi) is 8.02. The van der Waals surface area contributed by atoms with Gasteiger partial charge in [-0.2, -0.15) is 0 Å². The van der Waals surface area contributed by atoms with Crippen LogP contribution >= 0.6 is 0 Å². The second kappa shape index (κ2) is 11.3. The van der Waals surface area contributed by atoms with Crippen molar-refractivity contribution in [1.29, 1.82) is 0 Å². The Morgan fingerprint density at radius 3 is 1.91 bits per heavy atom. The molecular formula is C25H26N4O4. The number of urea groups is 1. The van der Waals surface area contributed by atoms with E-state index in [-0.39, 0.29) is 18.7 Å². The zero-order chi connectivity index (χ0) is 23.6. The molecule has 170 valence electrons. The van der Waals surface area contributed by atoms with Crippen molar-refractivity contribution in [2.75, 3.05) is 0 Å². The lowest BCUT2D eigenvalue weighted by atomic mass is 10.0. The molecule has 3 rings (SSSR count). The molecule has 0 aliphatic rings. The number of hydrogen-bond acceptors (Lipinski definition) is 4. The zero-order valence-electron chi connectivity index (χ0n) is 17.9. The number of carbonyl (C=O) groups is 3. The highest BCUT2D eigenvalue weighted by molar-refractivity contribution is 5.81. The van der Waals surface area contributed by atoms with Crippen LogP contribution in [0.15, 0.2) is 84.9 Å². The van der Waals surface area contributed by atoms with Crippen LogP contribution in [0.5, 0.6) is 11.5 Å². The van der Waals surface area contributed by atoms with Gasteiger partial charge in [-0.15, -0.1) is 0 Å². The lowest BCUT2D eigenvalue weighted by Gasteiger charge is -2.22. The number of ether oxygens (including phenoxy) is 1. The van der Waals surface area contributed by atoms with Crippen LogP contribution in [0.25, 0.3) is 0 Å². The highest BCUT2D eigenvalue weighted by Crippen LogP contribution is 2.26. The first-order chi connectivity index (χ1) is 15.9. The van der Waals surface area contributed by atoms with Crippen LogP contribution in [0.2, 0.25) is 0 Å². The molecule has 4 amide bonds. The van der Waals surface area contributed by atoms with Gasteiger partial charge in [0.1, 0.15) is 11.5 Å². The van der Waals surface area contributed by atoms with Gasteiger partial charge in [-0.25, -0.2) is 4.79 Å². The maximum Gasteiger partial charge on any atom is 0.312 e. The van der Waals surface area contributed by atoms with E-state index < -0.39 is 24.0 Å². The minimum absolute atomic E-state index is 0.0515. The fraction of sp³-hybridized carbons (Fsp3) is 0.160. The predicted molar refractivity (Wildman–Crippen MR) is 124 cm³/mol. The summed E-state index contributed by atoms with van der Waals surface area (Å²) in [5.41, 5.74) is 12.1. The van der Waals surface area contributed by atoms with Crippen LogP contribution in [-0.2, 0) is 9.59 Å². The Hall–Kier alpha value is -4.33. The van der Waals surface area contributed by atoms with Gasteiger partial charge in [-0.3, -0.25) is 9.59 Å². The minimum atomic E-state index is -0.765. The molecule has 0 fully saturated rings. The summed E-state index contributed by atoms with van der Waals surface area (Å²) in [4.78, 5) is 36.0. The Morgan fingerprint density at radius 2 is 1.27 bits per heavy atom. The first-order valence-electron chi connectivity index (χ1n) is 10.4. The van der Waals surface area contributed by atoms with Crippen LogP contribution < -0.4 is 26.8 Å². The quantitative estimate of drug-likeness (QED) is 0.380. The molecule has 3 aromatic rings. The van der Waals surface area contributed by atoms with Gasteiger partial charge in [0, 0.05) is 0 Å². The number of nitrogens with two attached hydrogens (primary N) is 2. The maximum atomic E-state index is 12.9. The van der Waals surface area contributed by atoms with Crippen molar-refractivity contribution in [3.05, 3.63) is 96.1 Å². The number of hydrogen-bond donors (Lipinski definition) is 4. The fourth-order valence-electron chi connectivity index (χ4n) is 3.42. The lowest BCUT2D eigenvalue weighted by molar-refractivity contribution is -0.123. The monoisotopic (exact) mass is 446 g/mol. The van der Waals surface area contributed by atoms with Gasteiger partial charge < -0.3 is 26.8 Å². The highest BCUT2D eigenvalue weighted by Gasteiger charge is 2.22. The molecule has 0 radical (unpaired) electrons. The molecule has 0 spiro atoms. The highest BCUT2D eigenvalue weighted by atomic mass is 16.5. The number of amides is 4. The number of carbonyl (C=O) groups excluding carboxylic acids is 3. The number of rotatable bonds is 10. The SMILES string of the molecule is NC(=O)C[C@@H](NC(=O)CC(NC(N)=O)c1cccc(Oc2ccccc2)c1)c1ccccc1. The largest absolute Gasteiger partial charge is 0.457 e. The van der Waals surface area contributed by atoms with Crippen LogP contribution in [0.3, 0.4) is 0 Å². The summed E-state index contributed by atoms with van der Waals surface area (Å²) in [5, 5.41) is 5.43. The summed E-state index contributed by atoms with van der Waals surface area (Å²) in [7, 11) is 0. The van der Waals surface area contributed by atoms with Gasteiger partial charge in [0.15, 0.2) is 0 Å². The predicted octanol–water partition coefficient (Wildman–Crippen LogP) is 3.31. The van der Waals surface area contributed by atoms with E-state index in [1.807, 2.05) is 48.5 Å². The summed E-state index contributed by atoms with van der Waals surface area (Å²) in [6, 6.07) is 23.3. The van der Waals surface area contributed by atoms with Crippen molar-refractivity contribution in [1.82, 2.24) is 10.6 Å². The second-order valence-electron chi connectivity index (χ2n) is 7.45. The zero-order valence-corrected chi connectivity index (χ0v) is 17.9. The Bertz CT molecular complexity index is 1090. The Labute approximate surface area is 191 Å². The summed E-state index contributed by atoms with van der Waals surface area (Å²) in [6.45, 7) is 0. The third-order valence-corrected chi connectivity index (χ3v) is 4.89. The Morgan fingerprint density at radius 1 is 0.697 bits per heavy atom. The van der Waals surface area contributed by atoms with Crippen LogP contribution in [0.1, 0.15) is 36.1 Å². The third-order valence-electron chi connectivity index (χ3n) is 4.89. The molecule has 0 aliphatic carbocycles. The Balaban J connectivity index is 1.76. The topological polar surface area (TPSA) is 137 Å². The van der Waals surface area contributed by atoms with Crippen molar-refractivity contribution in [2.45, 2.75) is 24.9 Å². The van der Waals surface area contributed by atoms with Gasteiger partial charge in [0.25, 0.3) is 0 Å². The van der Waals surface area contributed by atoms with E-state index in [2.05, 4.69) is 10.6 Å². The van der Waals surface area contributed by atoms with Gasteiger partial charge in [-0.05, 0) is 35.4 Å². The van der Waals surface area contributed by atoms with Crippen molar-refractivity contribution in [2.24, 2.45) is 11.5 Å². The first-order valence-corrected chi connectivity index (χ1v) is 10.4. The number of nitrogens with one attached hydrogen (secondary N) is 2. The van der Waals surface area contributed by atoms with Crippen LogP contribution in [-0.4, -0.2) is 17.8 Å². The fourth-order valence-corrected chi connectivity index (χ4v) is 3.42.